The van der Waals surface area contributed by atoms with Gasteiger partial charge in [0, 0.05) is 21.4 Å². The molecular formula is C17H14FIN2O2. The maximum absolute atomic E-state index is 13.3. The highest BCUT2D eigenvalue weighted by molar-refractivity contribution is 14.1. The number of fused-ring (bicyclic) bond motifs is 1. The van der Waals surface area contributed by atoms with E-state index in [1.165, 1.54) is 12.1 Å². The Morgan fingerprint density at radius 2 is 2.09 bits per heavy atom. The molecule has 2 aromatic carbocycles. The number of hydrogen-bond acceptors (Lipinski definition) is 2. The van der Waals surface area contributed by atoms with Crippen molar-refractivity contribution in [1.82, 2.24) is 0 Å². The summed E-state index contributed by atoms with van der Waals surface area (Å²) in [7, 11) is 0. The summed E-state index contributed by atoms with van der Waals surface area (Å²) in [5.74, 6) is -1.63. The molecule has 2 aromatic rings. The third-order valence-electron chi connectivity index (χ3n) is 3.81. The Balaban J connectivity index is 1.87. The Kier molecular flexibility index (Phi) is 4.34. The van der Waals surface area contributed by atoms with Crippen molar-refractivity contribution in [2.75, 3.05) is 10.6 Å². The summed E-state index contributed by atoms with van der Waals surface area (Å²) in [6.45, 7) is 1.99. The molecule has 0 aromatic heterocycles. The molecule has 118 valence electrons. The Morgan fingerprint density at radius 3 is 2.83 bits per heavy atom. The van der Waals surface area contributed by atoms with Crippen LogP contribution in [0.2, 0.25) is 0 Å². The zero-order chi connectivity index (χ0) is 16.6. The molecule has 4 nitrogen and oxygen atoms in total. The Bertz CT molecular complexity index is 807. The SMILES string of the molecule is Cc1ccc(NC(=O)[C@H]2CC(=O)Nc3cc(F)ccc32)cc1I. The molecule has 23 heavy (non-hydrogen) atoms. The molecule has 0 fully saturated rings. The zero-order valence-corrected chi connectivity index (χ0v) is 14.5. The number of hydrogen-bond donors (Lipinski definition) is 2. The molecule has 6 heteroatoms. The van der Waals surface area contributed by atoms with Gasteiger partial charge in [0.15, 0.2) is 0 Å². The third kappa shape index (κ3) is 3.36. The van der Waals surface area contributed by atoms with Crippen molar-refractivity contribution in [2.24, 2.45) is 0 Å². The largest absolute Gasteiger partial charge is 0.326 e. The maximum atomic E-state index is 13.3. The van der Waals surface area contributed by atoms with E-state index in [0.29, 0.717) is 16.9 Å². The van der Waals surface area contributed by atoms with E-state index in [4.69, 9.17) is 0 Å². The summed E-state index contributed by atoms with van der Waals surface area (Å²) >= 11 is 2.20. The molecule has 0 radical (unpaired) electrons. The van der Waals surface area contributed by atoms with E-state index in [-0.39, 0.29) is 18.2 Å². The van der Waals surface area contributed by atoms with E-state index < -0.39 is 11.7 Å². The molecule has 1 heterocycles. The Morgan fingerprint density at radius 1 is 1.30 bits per heavy atom. The summed E-state index contributed by atoms with van der Waals surface area (Å²) in [5, 5.41) is 5.44. The molecule has 0 aliphatic carbocycles. The normalized spacial score (nSPS) is 16.5. The number of carbonyl (C=O) groups is 2. The van der Waals surface area contributed by atoms with Crippen LogP contribution in [0.1, 0.15) is 23.5 Å². The van der Waals surface area contributed by atoms with Crippen LogP contribution in [0, 0.1) is 16.3 Å². The number of benzene rings is 2. The topological polar surface area (TPSA) is 58.2 Å². The molecule has 0 bridgehead atoms. The van der Waals surface area contributed by atoms with Crippen molar-refractivity contribution >= 4 is 45.8 Å². The van der Waals surface area contributed by atoms with Gasteiger partial charge in [0.1, 0.15) is 5.82 Å². The number of rotatable bonds is 2. The summed E-state index contributed by atoms with van der Waals surface area (Å²) in [6.07, 6.45) is 0.0490. The molecule has 0 saturated carbocycles. The average Bonchev–Trinajstić information content (AvgIpc) is 2.49. The molecule has 1 atom stereocenters. The fraction of sp³-hybridized carbons (Fsp3) is 0.176. The minimum Gasteiger partial charge on any atom is -0.326 e. The Hall–Kier alpha value is -1.96. The summed E-state index contributed by atoms with van der Waals surface area (Å²) in [5.41, 5.74) is 2.80. The standard InChI is InChI=1S/C17H14FIN2O2/c1-9-2-4-11(7-14(9)19)20-17(23)13-8-16(22)21-15-6-10(18)3-5-12(13)15/h2-7,13H,8H2,1H3,(H,20,23)(H,21,22)/t13-/m0/s1. The van der Waals surface area contributed by atoms with Gasteiger partial charge in [-0.25, -0.2) is 4.39 Å². The first-order valence-electron chi connectivity index (χ1n) is 7.10. The van der Waals surface area contributed by atoms with E-state index in [0.717, 1.165) is 9.13 Å². The van der Waals surface area contributed by atoms with Crippen LogP contribution in [-0.4, -0.2) is 11.8 Å². The van der Waals surface area contributed by atoms with Crippen molar-refractivity contribution in [3.63, 3.8) is 0 Å². The van der Waals surface area contributed by atoms with Gasteiger partial charge < -0.3 is 10.6 Å². The van der Waals surface area contributed by atoms with Gasteiger partial charge in [-0.1, -0.05) is 12.1 Å². The first kappa shape index (κ1) is 15.9. The van der Waals surface area contributed by atoms with Crippen LogP contribution < -0.4 is 10.6 Å². The number of anilines is 2. The van der Waals surface area contributed by atoms with Gasteiger partial charge in [-0.15, -0.1) is 0 Å². The fourth-order valence-corrected chi connectivity index (χ4v) is 3.09. The quantitative estimate of drug-likeness (QED) is 0.721. The predicted octanol–water partition coefficient (Wildman–Crippen LogP) is 3.80. The second kappa shape index (κ2) is 6.27. The lowest BCUT2D eigenvalue weighted by Crippen LogP contribution is -2.30. The minimum atomic E-state index is -0.627. The number of halogens is 2. The second-order valence-corrected chi connectivity index (χ2v) is 6.65. The number of aryl methyl sites for hydroxylation is 1. The van der Waals surface area contributed by atoms with Crippen molar-refractivity contribution < 1.29 is 14.0 Å². The number of nitrogens with one attached hydrogen (secondary N) is 2. The molecular weight excluding hydrogens is 410 g/mol. The van der Waals surface area contributed by atoms with Gasteiger partial charge >= 0.3 is 0 Å². The van der Waals surface area contributed by atoms with Crippen LogP contribution in [-0.2, 0) is 9.59 Å². The van der Waals surface area contributed by atoms with E-state index >= 15 is 0 Å². The molecule has 2 N–H and O–H groups in total. The fourth-order valence-electron chi connectivity index (χ4n) is 2.57. The van der Waals surface area contributed by atoms with Crippen molar-refractivity contribution in [3.8, 4) is 0 Å². The van der Waals surface area contributed by atoms with Crippen LogP contribution in [0.25, 0.3) is 0 Å². The highest BCUT2D eigenvalue weighted by Crippen LogP contribution is 2.33. The van der Waals surface area contributed by atoms with Gasteiger partial charge in [-0.3, -0.25) is 9.59 Å². The molecule has 3 rings (SSSR count). The van der Waals surface area contributed by atoms with E-state index in [1.807, 2.05) is 25.1 Å². The van der Waals surface area contributed by atoms with Gasteiger partial charge in [-0.05, 0) is 64.9 Å². The molecule has 1 aliphatic rings. The molecule has 0 unspecified atom stereocenters. The van der Waals surface area contributed by atoms with Gasteiger partial charge in [0.25, 0.3) is 0 Å². The molecule has 1 aliphatic heterocycles. The van der Waals surface area contributed by atoms with Gasteiger partial charge in [0.2, 0.25) is 11.8 Å². The lowest BCUT2D eigenvalue weighted by molar-refractivity contribution is -0.123. The number of amides is 2. The predicted molar refractivity (Wildman–Crippen MR) is 94.9 cm³/mol. The molecule has 2 amide bonds. The van der Waals surface area contributed by atoms with Crippen LogP contribution in [0.15, 0.2) is 36.4 Å². The van der Waals surface area contributed by atoms with Gasteiger partial charge in [0.05, 0.1) is 5.92 Å². The Labute approximate surface area is 146 Å². The smallest absolute Gasteiger partial charge is 0.232 e. The van der Waals surface area contributed by atoms with Crippen LogP contribution >= 0.6 is 22.6 Å². The van der Waals surface area contributed by atoms with Crippen LogP contribution in [0.4, 0.5) is 15.8 Å². The van der Waals surface area contributed by atoms with E-state index in [1.54, 1.807) is 6.07 Å². The van der Waals surface area contributed by atoms with E-state index in [9.17, 15) is 14.0 Å². The maximum Gasteiger partial charge on any atom is 0.232 e. The van der Waals surface area contributed by atoms with Crippen LogP contribution in [0.3, 0.4) is 0 Å². The van der Waals surface area contributed by atoms with Gasteiger partial charge in [-0.2, -0.15) is 0 Å². The summed E-state index contributed by atoms with van der Waals surface area (Å²) in [4.78, 5) is 24.4. The van der Waals surface area contributed by atoms with E-state index in [2.05, 4.69) is 33.2 Å². The summed E-state index contributed by atoms with van der Waals surface area (Å²) in [6, 6.07) is 9.71. The van der Waals surface area contributed by atoms with Crippen molar-refractivity contribution in [3.05, 3.63) is 56.9 Å². The third-order valence-corrected chi connectivity index (χ3v) is 4.97. The first-order valence-corrected chi connectivity index (χ1v) is 8.18. The van der Waals surface area contributed by atoms with Crippen molar-refractivity contribution in [1.29, 1.82) is 0 Å². The zero-order valence-electron chi connectivity index (χ0n) is 12.3. The molecule has 0 saturated heterocycles. The van der Waals surface area contributed by atoms with Crippen LogP contribution in [0.5, 0.6) is 0 Å². The average molecular weight is 424 g/mol. The minimum absolute atomic E-state index is 0.0490. The molecule has 0 spiro atoms. The first-order chi connectivity index (χ1) is 10.9. The lowest BCUT2D eigenvalue weighted by atomic mass is 9.89. The highest BCUT2D eigenvalue weighted by atomic mass is 127. The monoisotopic (exact) mass is 424 g/mol. The summed E-state index contributed by atoms with van der Waals surface area (Å²) < 4.78 is 14.4. The lowest BCUT2D eigenvalue weighted by Gasteiger charge is -2.25. The number of carbonyl (C=O) groups excluding carboxylic acids is 2. The second-order valence-electron chi connectivity index (χ2n) is 5.49. The highest BCUT2D eigenvalue weighted by Gasteiger charge is 2.31. The van der Waals surface area contributed by atoms with Crippen molar-refractivity contribution in [2.45, 2.75) is 19.3 Å².